The Morgan fingerprint density at radius 3 is 2.83 bits per heavy atom. The molecular weight excluding hydrogens is 244 g/mol. The standard InChI is InChI=1S/C14H20N2OS/c1-11(2)18-9-5-8-16-13-7-4-3-6-12(13)15-14(16)10-17/h3-4,6-7,11,17H,5,8-10H2,1-2H3. The van der Waals surface area contributed by atoms with Crippen LogP contribution in [0.2, 0.25) is 0 Å². The summed E-state index contributed by atoms with van der Waals surface area (Å²) in [4.78, 5) is 4.45. The molecule has 4 heteroatoms. The van der Waals surface area contributed by atoms with Gasteiger partial charge in [0, 0.05) is 6.54 Å². The van der Waals surface area contributed by atoms with Crippen molar-refractivity contribution in [2.45, 2.75) is 38.7 Å². The molecule has 98 valence electrons. The van der Waals surface area contributed by atoms with Gasteiger partial charge in [0.15, 0.2) is 0 Å². The fourth-order valence-electron chi connectivity index (χ4n) is 2.04. The Balaban J connectivity index is 2.10. The van der Waals surface area contributed by atoms with Crippen molar-refractivity contribution in [2.24, 2.45) is 0 Å². The summed E-state index contributed by atoms with van der Waals surface area (Å²) in [6.45, 7) is 5.37. The van der Waals surface area contributed by atoms with E-state index in [0.29, 0.717) is 5.25 Å². The van der Waals surface area contributed by atoms with Crippen molar-refractivity contribution in [3.8, 4) is 0 Å². The molecule has 0 spiro atoms. The number of hydrogen-bond donors (Lipinski definition) is 1. The third-order valence-corrected chi connectivity index (χ3v) is 4.04. The Morgan fingerprint density at radius 2 is 2.11 bits per heavy atom. The van der Waals surface area contributed by atoms with E-state index in [4.69, 9.17) is 0 Å². The number of thioether (sulfide) groups is 1. The van der Waals surface area contributed by atoms with Gasteiger partial charge in [0.25, 0.3) is 0 Å². The van der Waals surface area contributed by atoms with Gasteiger partial charge in [-0.25, -0.2) is 4.98 Å². The molecule has 1 heterocycles. The highest BCUT2D eigenvalue weighted by Gasteiger charge is 2.08. The molecule has 0 atom stereocenters. The van der Waals surface area contributed by atoms with Gasteiger partial charge >= 0.3 is 0 Å². The predicted molar refractivity (Wildman–Crippen MR) is 77.9 cm³/mol. The van der Waals surface area contributed by atoms with Crippen LogP contribution < -0.4 is 0 Å². The summed E-state index contributed by atoms with van der Waals surface area (Å²) in [6.07, 6.45) is 1.11. The molecule has 0 aliphatic carbocycles. The van der Waals surface area contributed by atoms with E-state index in [-0.39, 0.29) is 6.61 Å². The molecule has 0 unspecified atom stereocenters. The molecule has 0 aliphatic rings. The van der Waals surface area contributed by atoms with Crippen LogP contribution in [0.1, 0.15) is 26.1 Å². The molecule has 0 aliphatic heterocycles. The molecule has 1 aromatic heterocycles. The number of fused-ring (bicyclic) bond motifs is 1. The Morgan fingerprint density at radius 1 is 1.33 bits per heavy atom. The zero-order valence-corrected chi connectivity index (χ0v) is 11.8. The number of aromatic nitrogens is 2. The Kier molecular flexibility index (Phi) is 4.66. The van der Waals surface area contributed by atoms with Crippen molar-refractivity contribution < 1.29 is 5.11 Å². The van der Waals surface area contributed by atoms with Crippen molar-refractivity contribution in [1.82, 2.24) is 9.55 Å². The van der Waals surface area contributed by atoms with E-state index in [1.807, 2.05) is 30.0 Å². The van der Waals surface area contributed by atoms with E-state index >= 15 is 0 Å². The Hall–Kier alpha value is -1.00. The first-order valence-corrected chi connectivity index (χ1v) is 7.44. The van der Waals surface area contributed by atoms with Crippen molar-refractivity contribution in [1.29, 1.82) is 0 Å². The van der Waals surface area contributed by atoms with Crippen molar-refractivity contribution in [2.75, 3.05) is 5.75 Å². The second kappa shape index (κ2) is 6.25. The van der Waals surface area contributed by atoms with Gasteiger partial charge in [-0.2, -0.15) is 11.8 Å². The number of aryl methyl sites for hydroxylation is 1. The van der Waals surface area contributed by atoms with Crippen LogP contribution in [0.4, 0.5) is 0 Å². The van der Waals surface area contributed by atoms with Crippen LogP contribution in [0, 0.1) is 0 Å². The van der Waals surface area contributed by atoms with Crippen LogP contribution in [0.3, 0.4) is 0 Å². The van der Waals surface area contributed by atoms with E-state index in [0.717, 1.165) is 35.6 Å². The van der Waals surface area contributed by atoms with Gasteiger partial charge in [0.05, 0.1) is 11.0 Å². The molecule has 0 saturated carbocycles. The number of imidazole rings is 1. The average Bonchev–Trinajstić information content (AvgIpc) is 2.72. The maximum absolute atomic E-state index is 9.38. The van der Waals surface area contributed by atoms with E-state index in [9.17, 15) is 5.11 Å². The molecular formula is C14H20N2OS. The van der Waals surface area contributed by atoms with Crippen LogP contribution in [0.25, 0.3) is 11.0 Å². The molecule has 18 heavy (non-hydrogen) atoms. The molecule has 0 amide bonds. The van der Waals surface area contributed by atoms with E-state index in [1.165, 1.54) is 0 Å². The van der Waals surface area contributed by atoms with Gasteiger partial charge in [-0.1, -0.05) is 26.0 Å². The summed E-state index contributed by atoms with van der Waals surface area (Å²) >= 11 is 1.98. The highest BCUT2D eigenvalue weighted by molar-refractivity contribution is 7.99. The number of benzene rings is 1. The predicted octanol–water partition coefficient (Wildman–Crippen LogP) is 3.06. The Labute approximate surface area is 112 Å². The van der Waals surface area contributed by atoms with Crippen molar-refractivity contribution in [3.63, 3.8) is 0 Å². The molecule has 0 bridgehead atoms. The van der Waals surface area contributed by atoms with Gasteiger partial charge in [-0.15, -0.1) is 0 Å². The quantitative estimate of drug-likeness (QED) is 0.815. The summed E-state index contributed by atoms with van der Waals surface area (Å²) in [5.74, 6) is 1.92. The minimum Gasteiger partial charge on any atom is -0.388 e. The molecule has 2 rings (SSSR count). The number of aliphatic hydroxyl groups is 1. The number of rotatable bonds is 6. The highest BCUT2D eigenvalue weighted by Crippen LogP contribution is 2.18. The smallest absolute Gasteiger partial charge is 0.135 e. The molecule has 0 fully saturated rings. The van der Waals surface area contributed by atoms with Gasteiger partial charge in [0.2, 0.25) is 0 Å². The SMILES string of the molecule is CC(C)SCCCn1c(CO)nc2ccccc21. The van der Waals surface area contributed by atoms with Gasteiger partial charge in [-0.05, 0) is 29.6 Å². The maximum Gasteiger partial charge on any atom is 0.135 e. The summed E-state index contributed by atoms with van der Waals surface area (Å²) in [6, 6.07) is 8.06. The number of aliphatic hydroxyl groups excluding tert-OH is 1. The van der Waals surface area contributed by atoms with Crippen molar-refractivity contribution in [3.05, 3.63) is 30.1 Å². The zero-order valence-electron chi connectivity index (χ0n) is 11.0. The molecule has 2 aromatic rings. The van der Waals surface area contributed by atoms with Crippen LogP contribution in [-0.2, 0) is 13.2 Å². The minimum absolute atomic E-state index is 0.00596. The van der Waals surface area contributed by atoms with Crippen LogP contribution in [0.5, 0.6) is 0 Å². The third-order valence-electron chi connectivity index (χ3n) is 2.85. The lowest BCUT2D eigenvalue weighted by Gasteiger charge is -2.08. The topological polar surface area (TPSA) is 38.0 Å². The number of para-hydroxylation sites is 2. The maximum atomic E-state index is 9.38. The third kappa shape index (κ3) is 3.06. The summed E-state index contributed by atoms with van der Waals surface area (Å²) < 4.78 is 2.14. The Bertz CT molecular complexity index is 507. The monoisotopic (exact) mass is 264 g/mol. The lowest BCUT2D eigenvalue weighted by atomic mass is 10.3. The fraction of sp³-hybridized carbons (Fsp3) is 0.500. The largest absolute Gasteiger partial charge is 0.388 e. The highest BCUT2D eigenvalue weighted by atomic mass is 32.2. The van der Waals surface area contributed by atoms with Gasteiger partial charge in [-0.3, -0.25) is 0 Å². The average molecular weight is 264 g/mol. The zero-order chi connectivity index (χ0) is 13.0. The first-order chi connectivity index (χ1) is 8.72. The first-order valence-electron chi connectivity index (χ1n) is 6.39. The summed E-state index contributed by atoms with van der Waals surface area (Å²) in [5.41, 5.74) is 2.09. The lowest BCUT2D eigenvalue weighted by molar-refractivity contribution is 0.266. The van der Waals surface area contributed by atoms with Crippen LogP contribution in [0.15, 0.2) is 24.3 Å². The lowest BCUT2D eigenvalue weighted by Crippen LogP contribution is -2.05. The summed E-state index contributed by atoms with van der Waals surface area (Å²) in [5, 5.41) is 10.1. The number of nitrogens with zero attached hydrogens (tertiary/aromatic N) is 2. The minimum atomic E-state index is 0.00596. The van der Waals surface area contributed by atoms with Crippen LogP contribution >= 0.6 is 11.8 Å². The van der Waals surface area contributed by atoms with Crippen molar-refractivity contribution >= 4 is 22.8 Å². The molecule has 0 radical (unpaired) electrons. The second-order valence-electron chi connectivity index (χ2n) is 4.60. The van der Waals surface area contributed by atoms with Gasteiger partial charge in [0.1, 0.15) is 12.4 Å². The van der Waals surface area contributed by atoms with E-state index < -0.39 is 0 Å². The molecule has 1 aromatic carbocycles. The number of hydrogen-bond acceptors (Lipinski definition) is 3. The summed E-state index contributed by atoms with van der Waals surface area (Å²) in [7, 11) is 0. The first kappa shape index (κ1) is 13.4. The molecule has 3 nitrogen and oxygen atoms in total. The fourth-order valence-corrected chi connectivity index (χ4v) is 2.80. The van der Waals surface area contributed by atoms with Crippen LogP contribution in [-0.4, -0.2) is 25.7 Å². The molecule has 1 N–H and O–H groups in total. The van der Waals surface area contributed by atoms with E-state index in [2.05, 4.69) is 29.5 Å². The van der Waals surface area contributed by atoms with E-state index in [1.54, 1.807) is 0 Å². The van der Waals surface area contributed by atoms with Gasteiger partial charge < -0.3 is 9.67 Å². The second-order valence-corrected chi connectivity index (χ2v) is 6.28. The normalized spacial score (nSPS) is 11.6. The molecule has 0 saturated heterocycles.